The monoisotopic (exact) mass is 320 g/mol. The van der Waals surface area contributed by atoms with Crippen molar-refractivity contribution in [2.45, 2.75) is 11.8 Å². The molecule has 8 heteroatoms. The fraction of sp³-hybridized carbons (Fsp3) is 0.417. The molecule has 112 valence electrons. The summed E-state index contributed by atoms with van der Waals surface area (Å²) in [5.41, 5.74) is 0.206. The van der Waals surface area contributed by atoms with E-state index in [-0.39, 0.29) is 21.4 Å². The lowest BCUT2D eigenvalue weighted by Crippen LogP contribution is -2.30. The maximum absolute atomic E-state index is 12.1. The summed E-state index contributed by atoms with van der Waals surface area (Å²) in [5.74, 6) is -0.328. The maximum atomic E-state index is 12.1. The molecule has 0 unspecified atom stereocenters. The molecule has 1 aromatic carbocycles. The Hall–Kier alpha value is -1.15. The summed E-state index contributed by atoms with van der Waals surface area (Å²) >= 11 is 5.76. The molecule has 0 aromatic heterocycles. The molecule has 1 rings (SSSR count). The lowest BCUT2D eigenvalue weighted by molar-refractivity contribution is 0.0709. The lowest BCUT2D eigenvalue weighted by atomic mass is 10.2. The van der Waals surface area contributed by atoms with E-state index >= 15 is 0 Å². The molecule has 1 amide bonds. The SMILES string of the molecule is CCOCCN(C)C(=O)c1ccc(Cl)c(S(N)(=O)=O)c1. The highest BCUT2D eigenvalue weighted by atomic mass is 35.5. The highest BCUT2D eigenvalue weighted by molar-refractivity contribution is 7.89. The zero-order valence-electron chi connectivity index (χ0n) is 11.3. The third-order valence-electron chi connectivity index (χ3n) is 2.61. The highest BCUT2D eigenvalue weighted by Gasteiger charge is 2.18. The summed E-state index contributed by atoms with van der Waals surface area (Å²) < 4.78 is 27.9. The van der Waals surface area contributed by atoms with Crippen LogP contribution in [0.4, 0.5) is 0 Å². The molecule has 0 aliphatic heterocycles. The van der Waals surface area contributed by atoms with Gasteiger partial charge in [0.05, 0.1) is 11.6 Å². The highest BCUT2D eigenvalue weighted by Crippen LogP contribution is 2.22. The number of halogens is 1. The number of nitrogens with zero attached hydrogens (tertiary/aromatic N) is 1. The van der Waals surface area contributed by atoms with Crippen LogP contribution in [-0.2, 0) is 14.8 Å². The van der Waals surface area contributed by atoms with Gasteiger partial charge in [-0.2, -0.15) is 0 Å². The number of amides is 1. The molecule has 20 heavy (non-hydrogen) atoms. The van der Waals surface area contributed by atoms with Crippen LogP contribution in [-0.4, -0.2) is 46.0 Å². The Labute approximate surface area is 123 Å². The zero-order chi connectivity index (χ0) is 15.3. The van der Waals surface area contributed by atoms with Gasteiger partial charge in [-0.1, -0.05) is 11.6 Å². The van der Waals surface area contributed by atoms with E-state index in [0.29, 0.717) is 19.8 Å². The maximum Gasteiger partial charge on any atom is 0.253 e. The molecular weight excluding hydrogens is 304 g/mol. The van der Waals surface area contributed by atoms with Gasteiger partial charge in [0.25, 0.3) is 5.91 Å². The van der Waals surface area contributed by atoms with Crippen LogP contribution in [0.25, 0.3) is 0 Å². The molecular formula is C12H17ClN2O4S. The smallest absolute Gasteiger partial charge is 0.253 e. The van der Waals surface area contributed by atoms with Crippen molar-refractivity contribution in [3.63, 3.8) is 0 Å². The Bertz CT molecular complexity index is 589. The second-order valence-electron chi connectivity index (χ2n) is 4.11. The average molecular weight is 321 g/mol. The predicted molar refractivity (Wildman–Crippen MR) is 76.3 cm³/mol. The van der Waals surface area contributed by atoms with E-state index in [4.69, 9.17) is 21.5 Å². The van der Waals surface area contributed by atoms with Crippen LogP contribution in [0.15, 0.2) is 23.1 Å². The number of hydrogen-bond acceptors (Lipinski definition) is 4. The van der Waals surface area contributed by atoms with E-state index in [1.165, 1.54) is 23.1 Å². The first-order chi connectivity index (χ1) is 9.27. The number of likely N-dealkylation sites (N-methyl/N-ethyl adjacent to an activating group) is 1. The summed E-state index contributed by atoms with van der Waals surface area (Å²) in [7, 11) is -2.36. The third kappa shape index (κ3) is 4.45. The number of primary sulfonamides is 1. The predicted octanol–water partition coefficient (Wildman–Crippen LogP) is 1.10. The third-order valence-corrected chi connectivity index (χ3v) is 4.00. The Balaban J connectivity index is 2.94. The largest absolute Gasteiger partial charge is 0.380 e. The molecule has 0 saturated carbocycles. The van der Waals surface area contributed by atoms with E-state index in [0.717, 1.165) is 0 Å². The standard InChI is InChI=1S/C12H17ClN2O4S/c1-3-19-7-6-15(2)12(16)9-4-5-10(13)11(8-9)20(14,17)18/h4-5,8H,3,6-7H2,1-2H3,(H2,14,17,18). The van der Waals surface area contributed by atoms with Crippen molar-refractivity contribution in [3.8, 4) is 0 Å². The molecule has 0 radical (unpaired) electrons. The average Bonchev–Trinajstić information content (AvgIpc) is 2.37. The summed E-state index contributed by atoms with van der Waals surface area (Å²) in [4.78, 5) is 13.3. The van der Waals surface area contributed by atoms with Crippen LogP contribution < -0.4 is 5.14 Å². The summed E-state index contributed by atoms with van der Waals surface area (Å²) in [5, 5.41) is 5.03. The Morgan fingerprint density at radius 3 is 2.65 bits per heavy atom. The van der Waals surface area contributed by atoms with Crippen LogP contribution in [0, 0.1) is 0 Å². The van der Waals surface area contributed by atoms with Crippen molar-refractivity contribution in [2.24, 2.45) is 5.14 Å². The van der Waals surface area contributed by atoms with Crippen LogP contribution in [0.2, 0.25) is 5.02 Å². The summed E-state index contributed by atoms with van der Waals surface area (Å²) in [6, 6.07) is 3.97. The Morgan fingerprint density at radius 1 is 1.45 bits per heavy atom. The Kier molecular flexibility index (Phi) is 5.94. The normalized spacial score (nSPS) is 11.4. The molecule has 0 aliphatic carbocycles. The fourth-order valence-electron chi connectivity index (χ4n) is 1.52. The van der Waals surface area contributed by atoms with Crippen molar-refractivity contribution in [2.75, 3.05) is 26.8 Å². The van der Waals surface area contributed by atoms with E-state index in [1.807, 2.05) is 6.92 Å². The number of nitrogens with two attached hydrogens (primary N) is 1. The second kappa shape index (κ2) is 7.03. The van der Waals surface area contributed by atoms with Gasteiger partial charge in [0.2, 0.25) is 10.0 Å². The van der Waals surface area contributed by atoms with Gasteiger partial charge >= 0.3 is 0 Å². The molecule has 0 saturated heterocycles. The minimum atomic E-state index is -3.96. The second-order valence-corrected chi connectivity index (χ2v) is 6.05. The lowest BCUT2D eigenvalue weighted by Gasteiger charge is -2.17. The molecule has 1 aromatic rings. The van der Waals surface area contributed by atoms with Gasteiger partial charge in [0.15, 0.2) is 0 Å². The van der Waals surface area contributed by atoms with Gasteiger partial charge in [-0.3, -0.25) is 4.79 Å². The molecule has 0 atom stereocenters. The molecule has 0 spiro atoms. The minimum absolute atomic E-state index is 0.0129. The van der Waals surface area contributed by atoms with Crippen molar-refractivity contribution in [3.05, 3.63) is 28.8 Å². The van der Waals surface area contributed by atoms with Crippen LogP contribution in [0.1, 0.15) is 17.3 Å². The minimum Gasteiger partial charge on any atom is -0.380 e. The number of carbonyl (C=O) groups excluding carboxylic acids is 1. The van der Waals surface area contributed by atoms with Gasteiger partial charge in [0.1, 0.15) is 4.90 Å². The Morgan fingerprint density at radius 2 is 2.10 bits per heavy atom. The summed E-state index contributed by atoms with van der Waals surface area (Å²) in [6.07, 6.45) is 0. The summed E-state index contributed by atoms with van der Waals surface area (Å²) in [6.45, 7) is 3.24. The van der Waals surface area contributed by atoms with Gasteiger partial charge in [-0.05, 0) is 25.1 Å². The van der Waals surface area contributed by atoms with Crippen molar-refractivity contribution in [1.29, 1.82) is 0 Å². The van der Waals surface area contributed by atoms with E-state index in [2.05, 4.69) is 0 Å². The topological polar surface area (TPSA) is 89.7 Å². The van der Waals surface area contributed by atoms with E-state index < -0.39 is 10.0 Å². The van der Waals surface area contributed by atoms with Crippen molar-refractivity contribution < 1.29 is 17.9 Å². The van der Waals surface area contributed by atoms with Crippen molar-refractivity contribution in [1.82, 2.24) is 4.90 Å². The van der Waals surface area contributed by atoms with Gasteiger partial charge < -0.3 is 9.64 Å². The van der Waals surface area contributed by atoms with Crippen LogP contribution in [0.5, 0.6) is 0 Å². The fourth-order valence-corrected chi connectivity index (χ4v) is 2.59. The quantitative estimate of drug-likeness (QED) is 0.795. The molecule has 0 fully saturated rings. The van der Waals surface area contributed by atoms with Crippen LogP contribution in [0.3, 0.4) is 0 Å². The van der Waals surface area contributed by atoms with Gasteiger partial charge in [0, 0.05) is 25.8 Å². The number of sulfonamides is 1. The first kappa shape index (κ1) is 16.9. The van der Waals surface area contributed by atoms with Gasteiger partial charge in [-0.15, -0.1) is 0 Å². The molecule has 0 heterocycles. The van der Waals surface area contributed by atoms with E-state index in [9.17, 15) is 13.2 Å². The number of ether oxygens (including phenoxy) is 1. The molecule has 2 N–H and O–H groups in total. The van der Waals surface area contributed by atoms with Gasteiger partial charge in [-0.25, -0.2) is 13.6 Å². The zero-order valence-corrected chi connectivity index (χ0v) is 12.9. The number of carbonyl (C=O) groups is 1. The first-order valence-corrected chi connectivity index (χ1v) is 7.85. The number of benzene rings is 1. The van der Waals surface area contributed by atoms with Crippen molar-refractivity contribution >= 4 is 27.5 Å². The molecule has 0 aliphatic rings. The molecule has 0 bridgehead atoms. The first-order valence-electron chi connectivity index (χ1n) is 5.93. The van der Waals surface area contributed by atoms with Crippen LogP contribution >= 0.6 is 11.6 Å². The number of rotatable bonds is 6. The molecule has 6 nitrogen and oxygen atoms in total. The number of hydrogen-bond donors (Lipinski definition) is 1. The van der Waals surface area contributed by atoms with E-state index in [1.54, 1.807) is 7.05 Å².